The highest BCUT2D eigenvalue weighted by Crippen LogP contribution is 2.30. The van der Waals surface area contributed by atoms with Crippen LogP contribution in [0.3, 0.4) is 0 Å². The van der Waals surface area contributed by atoms with E-state index in [2.05, 4.69) is 10.6 Å². The Morgan fingerprint density at radius 2 is 1.50 bits per heavy atom. The summed E-state index contributed by atoms with van der Waals surface area (Å²) in [5.41, 5.74) is 0.909. The van der Waals surface area contributed by atoms with Gasteiger partial charge < -0.3 is 29.6 Å². The number of rotatable bonds is 11. The van der Waals surface area contributed by atoms with Crippen molar-refractivity contribution in [3.05, 3.63) is 71.8 Å². The molecule has 2 N–H and O–H groups in total. The second kappa shape index (κ2) is 13.0. The molecule has 0 saturated heterocycles. The van der Waals surface area contributed by atoms with Crippen LogP contribution in [0.5, 0.6) is 23.0 Å². The van der Waals surface area contributed by atoms with Gasteiger partial charge in [0.25, 0.3) is 5.91 Å². The lowest BCUT2D eigenvalue weighted by atomic mass is 10.2. The topological polar surface area (TPSA) is 112 Å². The third kappa shape index (κ3) is 7.92. The van der Waals surface area contributed by atoms with Gasteiger partial charge in [0.1, 0.15) is 23.0 Å². The fraction of sp³-hybridized carbons (Fsp3) is 0.192. The zero-order valence-electron chi connectivity index (χ0n) is 19.7. The minimum absolute atomic E-state index is 0.109. The van der Waals surface area contributed by atoms with Crippen LogP contribution in [0.4, 0.5) is 11.4 Å². The van der Waals surface area contributed by atoms with Crippen molar-refractivity contribution >= 4 is 40.8 Å². The number of anilines is 2. The Labute approximate surface area is 213 Å². The molecule has 0 heterocycles. The van der Waals surface area contributed by atoms with Crippen molar-refractivity contribution in [1.29, 1.82) is 0 Å². The average molecular weight is 513 g/mol. The molecule has 3 aromatic rings. The normalized spacial score (nSPS) is 10.2. The van der Waals surface area contributed by atoms with E-state index in [1.165, 1.54) is 14.2 Å². The van der Waals surface area contributed by atoms with Crippen molar-refractivity contribution in [2.75, 3.05) is 31.5 Å². The third-order valence-corrected chi connectivity index (χ3v) is 5.12. The van der Waals surface area contributed by atoms with E-state index in [1.54, 1.807) is 60.7 Å². The molecule has 3 rings (SSSR count). The number of halogens is 1. The van der Waals surface area contributed by atoms with Gasteiger partial charge >= 0.3 is 5.97 Å². The fourth-order valence-electron chi connectivity index (χ4n) is 3.02. The van der Waals surface area contributed by atoms with Gasteiger partial charge in [0.05, 0.1) is 31.4 Å². The minimum atomic E-state index is -0.679. The van der Waals surface area contributed by atoms with Crippen molar-refractivity contribution in [3.8, 4) is 23.0 Å². The summed E-state index contributed by atoms with van der Waals surface area (Å²) in [5, 5.41) is 5.77. The van der Waals surface area contributed by atoms with Gasteiger partial charge in [0, 0.05) is 18.2 Å². The maximum Gasteiger partial charge on any atom is 0.306 e. The van der Waals surface area contributed by atoms with Crippen molar-refractivity contribution in [1.82, 2.24) is 0 Å². The molecule has 10 heteroatoms. The lowest BCUT2D eigenvalue weighted by Gasteiger charge is -2.12. The quantitative estimate of drug-likeness (QED) is 0.346. The van der Waals surface area contributed by atoms with Crippen LogP contribution in [0.2, 0.25) is 5.02 Å². The van der Waals surface area contributed by atoms with Crippen LogP contribution < -0.4 is 24.8 Å². The van der Waals surface area contributed by atoms with E-state index >= 15 is 0 Å². The maximum atomic E-state index is 12.2. The molecule has 0 saturated carbocycles. The summed E-state index contributed by atoms with van der Waals surface area (Å²) >= 11 is 6.08. The van der Waals surface area contributed by atoms with E-state index in [4.69, 9.17) is 30.5 Å². The molecule has 0 unspecified atom stereocenters. The molecular formula is C26H25ClN2O7. The smallest absolute Gasteiger partial charge is 0.306 e. The molecule has 0 fully saturated rings. The van der Waals surface area contributed by atoms with Gasteiger partial charge in [-0.2, -0.15) is 0 Å². The molecule has 0 aliphatic rings. The van der Waals surface area contributed by atoms with Crippen LogP contribution in [0.25, 0.3) is 0 Å². The highest BCUT2D eigenvalue weighted by Gasteiger charge is 2.13. The van der Waals surface area contributed by atoms with E-state index in [0.29, 0.717) is 39.4 Å². The first-order valence-electron chi connectivity index (χ1n) is 10.9. The first-order valence-corrected chi connectivity index (χ1v) is 11.3. The monoisotopic (exact) mass is 512 g/mol. The Morgan fingerprint density at radius 3 is 2.19 bits per heavy atom. The number of hydrogen-bond donors (Lipinski definition) is 2. The standard InChI is InChI=1S/C26H25ClN2O7/c1-33-19-11-12-23(34-2)21(15-19)29-25(31)16-35-26(32)14-13-24(30)28-17-7-9-18(10-8-17)36-22-6-4-3-5-20(22)27/h3-12,15H,13-14,16H2,1-2H3,(H,28,30)(H,29,31). The lowest BCUT2D eigenvalue weighted by Crippen LogP contribution is -2.22. The van der Waals surface area contributed by atoms with Gasteiger partial charge in [-0.1, -0.05) is 23.7 Å². The predicted molar refractivity (Wildman–Crippen MR) is 135 cm³/mol. The average Bonchev–Trinajstić information content (AvgIpc) is 2.88. The molecular weight excluding hydrogens is 488 g/mol. The largest absolute Gasteiger partial charge is 0.497 e. The van der Waals surface area contributed by atoms with Crippen molar-refractivity contribution in [2.45, 2.75) is 12.8 Å². The number of carbonyl (C=O) groups is 3. The number of ether oxygens (including phenoxy) is 4. The van der Waals surface area contributed by atoms with Crippen LogP contribution in [0.1, 0.15) is 12.8 Å². The van der Waals surface area contributed by atoms with Crippen LogP contribution in [-0.2, 0) is 19.1 Å². The molecule has 2 amide bonds. The van der Waals surface area contributed by atoms with Gasteiger partial charge in [0.15, 0.2) is 6.61 Å². The molecule has 36 heavy (non-hydrogen) atoms. The zero-order chi connectivity index (χ0) is 25.9. The first kappa shape index (κ1) is 26.4. The van der Waals surface area contributed by atoms with E-state index in [9.17, 15) is 14.4 Å². The second-order valence-electron chi connectivity index (χ2n) is 7.38. The molecule has 0 radical (unpaired) electrons. The third-order valence-electron chi connectivity index (χ3n) is 4.80. The number of amides is 2. The van der Waals surface area contributed by atoms with E-state index in [0.717, 1.165) is 0 Å². The summed E-state index contributed by atoms with van der Waals surface area (Å²) in [7, 11) is 2.96. The van der Waals surface area contributed by atoms with Crippen LogP contribution in [0, 0.1) is 0 Å². The first-order chi connectivity index (χ1) is 17.4. The Balaban J connectivity index is 1.40. The molecule has 0 atom stereocenters. The van der Waals surface area contributed by atoms with Crippen molar-refractivity contribution in [3.63, 3.8) is 0 Å². The molecule has 188 valence electrons. The number of para-hydroxylation sites is 1. The highest BCUT2D eigenvalue weighted by molar-refractivity contribution is 6.32. The Hall–Kier alpha value is -4.24. The number of benzene rings is 3. The molecule has 0 aliphatic carbocycles. The lowest BCUT2D eigenvalue weighted by molar-refractivity contribution is -0.147. The van der Waals surface area contributed by atoms with Crippen LogP contribution in [-0.4, -0.2) is 38.6 Å². The number of hydrogen-bond acceptors (Lipinski definition) is 7. The number of esters is 1. The Morgan fingerprint density at radius 1 is 0.778 bits per heavy atom. The van der Waals surface area contributed by atoms with Crippen LogP contribution in [0.15, 0.2) is 66.7 Å². The van der Waals surface area contributed by atoms with E-state index in [-0.39, 0.29) is 18.7 Å². The highest BCUT2D eigenvalue weighted by atomic mass is 35.5. The fourth-order valence-corrected chi connectivity index (χ4v) is 3.19. The van der Waals surface area contributed by atoms with Crippen molar-refractivity contribution < 1.29 is 33.3 Å². The van der Waals surface area contributed by atoms with E-state index < -0.39 is 18.5 Å². The molecule has 3 aromatic carbocycles. The number of methoxy groups -OCH3 is 2. The summed E-state index contributed by atoms with van der Waals surface area (Å²) in [6, 6.07) is 18.7. The summed E-state index contributed by atoms with van der Waals surface area (Å²) in [4.78, 5) is 36.3. The van der Waals surface area contributed by atoms with Gasteiger partial charge in [-0.3, -0.25) is 14.4 Å². The summed E-state index contributed by atoms with van der Waals surface area (Å²) in [6.07, 6.45) is -0.294. The molecule has 0 aromatic heterocycles. The minimum Gasteiger partial charge on any atom is -0.497 e. The molecule has 0 spiro atoms. The summed E-state index contributed by atoms with van der Waals surface area (Å²) < 4.78 is 21.0. The second-order valence-corrected chi connectivity index (χ2v) is 7.79. The van der Waals surface area contributed by atoms with Crippen molar-refractivity contribution in [2.24, 2.45) is 0 Å². The zero-order valence-corrected chi connectivity index (χ0v) is 20.5. The number of nitrogens with one attached hydrogen (secondary N) is 2. The predicted octanol–water partition coefficient (Wildman–Crippen LogP) is 5.05. The Kier molecular flexibility index (Phi) is 9.53. The molecule has 9 nitrogen and oxygen atoms in total. The maximum absolute atomic E-state index is 12.2. The Bertz CT molecular complexity index is 1220. The van der Waals surface area contributed by atoms with Gasteiger partial charge in [-0.05, 0) is 48.5 Å². The van der Waals surface area contributed by atoms with Gasteiger partial charge in [0.2, 0.25) is 5.91 Å². The van der Waals surface area contributed by atoms with Gasteiger partial charge in [-0.25, -0.2) is 0 Å². The van der Waals surface area contributed by atoms with Crippen LogP contribution >= 0.6 is 11.6 Å². The molecule has 0 bridgehead atoms. The summed E-state index contributed by atoms with van der Waals surface area (Å²) in [6.45, 7) is -0.506. The number of carbonyl (C=O) groups excluding carboxylic acids is 3. The van der Waals surface area contributed by atoms with Gasteiger partial charge in [-0.15, -0.1) is 0 Å². The molecule has 0 aliphatic heterocycles. The SMILES string of the molecule is COc1ccc(OC)c(NC(=O)COC(=O)CCC(=O)Nc2ccc(Oc3ccccc3Cl)cc2)c1. The van der Waals surface area contributed by atoms with E-state index in [1.807, 2.05) is 6.07 Å². The summed E-state index contributed by atoms with van der Waals surface area (Å²) in [5.74, 6) is 0.407.